The molecular formula is C17H20N2O4. The normalized spacial score (nSPS) is 20.9. The fourth-order valence-corrected chi connectivity index (χ4v) is 2.81. The van der Waals surface area contributed by atoms with Crippen LogP contribution in [0.3, 0.4) is 0 Å². The van der Waals surface area contributed by atoms with Crippen LogP contribution < -0.4 is 10.2 Å². The van der Waals surface area contributed by atoms with Gasteiger partial charge < -0.3 is 14.8 Å². The van der Waals surface area contributed by atoms with Crippen LogP contribution in [0.15, 0.2) is 30.3 Å². The Kier molecular flexibility index (Phi) is 4.62. The monoisotopic (exact) mass is 316 g/mol. The largest absolute Gasteiger partial charge is 0.447 e. The predicted octanol–water partition coefficient (Wildman–Crippen LogP) is 1.95. The molecule has 1 fully saturated rings. The van der Waals surface area contributed by atoms with Crippen molar-refractivity contribution >= 4 is 23.3 Å². The van der Waals surface area contributed by atoms with Crippen molar-refractivity contribution in [3.8, 4) is 0 Å². The summed E-state index contributed by atoms with van der Waals surface area (Å²) in [5.41, 5.74) is 3.18. The van der Waals surface area contributed by atoms with Gasteiger partial charge in [0, 0.05) is 19.2 Å². The molecule has 1 saturated heterocycles. The van der Waals surface area contributed by atoms with Crippen molar-refractivity contribution in [3.63, 3.8) is 0 Å². The molecule has 6 heteroatoms. The van der Waals surface area contributed by atoms with Crippen molar-refractivity contribution in [3.05, 3.63) is 35.9 Å². The smallest absolute Gasteiger partial charge is 0.414 e. The van der Waals surface area contributed by atoms with Gasteiger partial charge in [0.15, 0.2) is 0 Å². The van der Waals surface area contributed by atoms with Gasteiger partial charge in [0.1, 0.15) is 6.61 Å². The van der Waals surface area contributed by atoms with Crippen LogP contribution in [-0.2, 0) is 14.3 Å². The molecule has 0 saturated carbocycles. The molecule has 1 atom stereocenters. The van der Waals surface area contributed by atoms with E-state index < -0.39 is 0 Å². The molecule has 3 rings (SSSR count). The van der Waals surface area contributed by atoms with Crippen LogP contribution in [0.2, 0.25) is 0 Å². The number of amides is 2. The first kappa shape index (κ1) is 15.6. The molecule has 0 bridgehead atoms. The molecule has 1 aromatic carbocycles. The van der Waals surface area contributed by atoms with Crippen molar-refractivity contribution in [2.45, 2.75) is 19.4 Å². The van der Waals surface area contributed by atoms with Gasteiger partial charge in [0.2, 0.25) is 5.91 Å². The SMILES string of the molecule is CC(=O)NC[C@H]1COC(=O)N1c1ccc(C2=CCOCC2)cc1. The van der Waals surface area contributed by atoms with Crippen molar-refractivity contribution in [1.82, 2.24) is 5.32 Å². The van der Waals surface area contributed by atoms with Gasteiger partial charge in [-0.05, 0) is 29.7 Å². The van der Waals surface area contributed by atoms with Crippen LogP contribution in [0.1, 0.15) is 18.9 Å². The number of rotatable bonds is 4. The summed E-state index contributed by atoms with van der Waals surface area (Å²) < 4.78 is 10.4. The highest BCUT2D eigenvalue weighted by Crippen LogP contribution is 2.27. The number of ether oxygens (including phenoxy) is 2. The average molecular weight is 316 g/mol. The molecule has 2 amide bonds. The summed E-state index contributed by atoms with van der Waals surface area (Å²) in [6, 6.07) is 7.67. The molecule has 0 unspecified atom stereocenters. The lowest BCUT2D eigenvalue weighted by atomic mass is 10.0. The number of carbonyl (C=O) groups excluding carboxylic acids is 2. The van der Waals surface area contributed by atoms with E-state index in [-0.39, 0.29) is 24.6 Å². The van der Waals surface area contributed by atoms with Crippen LogP contribution >= 0.6 is 0 Å². The van der Waals surface area contributed by atoms with E-state index in [9.17, 15) is 9.59 Å². The van der Waals surface area contributed by atoms with Crippen LogP contribution in [0.5, 0.6) is 0 Å². The molecule has 1 aromatic rings. The Morgan fingerprint density at radius 2 is 2.13 bits per heavy atom. The first-order valence-corrected chi connectivity index (χ1v) is 7.73. The third-order valence-corrected chi connectivity index (χ3v) is 4.03. The number of hydrogen-bond acceptors (Lipinski definition) is 4. The molecule has 0 aromatic heterocycles. The molecule has 1 N–H and O–H groups in total. The van der Waals surface area contributed by atoms with Crippen molar-refractivity contribution in [1.29, 1.82) is 0 Å². The maximum atomic E-state index is 12.0. The summed E-state index contributed by atoms with van der Waals surface area (Å²) in [6.45, 7) is 3.51. The number of hydrogen-bond donors (Lipinski definition) is 1. The van der Waals surface area contributed by atoms with E-state index in [1.165, 1.54) is 12.5 Å². The summed E-state index contributed by atoms with van der Waals surface area (Å²) in [5, 5.41) is 2.74. The summed E-state index contributed by atoms with van der Waals surface area (Å²) in [6.07, 6.45) is 2.61. The van der Waals surface area contributed by atoms with Gasteiger partial charge in [-0.3, -0.25) is 9.69 Å². The minimum Gasteiger partial charge on any atom is -0.447 e. The Bertz CT molecular complexity index is 624. The fraction of sp³-hybridized carbons (Fsp3) is 0.412. The molecular weight excluding hydrogens is 296 g/mol. The second-order valence-electron chi connectivity index (χ2n) is 5.64. The highest BCUT2D eigenvalue weighted by molar-refractivity contribution is 5.90. The van der Waals surface area contributed by atoms with E-state index in [1.54, 1.807) is 4.90 Å². The Morgan fingerprint density at radius 3 is 2.78 bits per heavy atom. The third-order valence-electron chi connectivity index (χ3n) is 4.03. The molecule has 6 nitrogen and oxygen atoms in total. The Hall–Kier alpha value is -2.34. The quantitative estimate of drug-likeness (QED) is 0.922. The lowest BCUT2D eigenvalue weighted by molar-refractivity contribution is -0.119. The lowest BCUT2D eigenvalue weighted by Gasteiger charge is -2.22. The van der Waals surface area contributed by atoms with E-state index in [0.29, 0.717) is 13.2 Å². The number of benzene rings is 1. The zero-order valence-electron chi connectivity index (χ0n) is 13.1. The van der Waals surface area contributed by atoms with E-state index in [0.717, 1.165) is 24.3 Å². The second-order valence-corrected chi connectivity index (χ2v) is 5.64. The van der Waals surface area contributed by atoms with Crippen LogP contribution in [0, 0.1) is 0 Å². The lowest BCUT2D eigenvalue weighted by Crippen LogP contribution is -2.42. The van der Waals surface area contributed by atoms with Crippen LogP contribution in [0.25, 0.3) is 5.57 Å². The zero-order chi connectivity index (χ0) is 16.2. The number of nitrogens with zero attached hydrogens (tertiary/aromatic N) is 1. The maximum Gasteiger partial charge on any atom is 0.414 e. The molecule has 0 aliphatic carbocycles. The standard InChI is InChI=1S/C17H20N2O4/c1-12(20)18-10-16-11-23-17(21)19(16)15-4-2-13(3-5-15)14-6-8-22-9-7-14/h2-6,16H,7-11H2,1H3,(H,18,20)/t16-/m0/s1. The van der Waals surface area contributed by atoms with Crippen LogP contribution in [0.4, 0.5) is 10.5 Å². The number of anilines is 1. The summed E-state index contributed by atoms with van der Waals surface area (Å²) in [5.74, 6) is -0.119. The molecule has 0 radical (unpaired) electrons. The van der Waals surface area contributed by atoms with Gasteiger partial charge in [-0.15, -0.1) is 0 Å². The summed E-state index contributed by atoms with van der Waals surface area (Å²) >= 11 is 0. The number of nitrogens with one attached hydrogen (secondary N) is 1. The first-order valence-electron chi connectivity index (χ1n) is 7.73. The molecule has 2 aliphatic rings. The minimum atomic E-state index is -0.376. The van der Waals surface area contributed by atoms with Gasteiger partial charge in [-0.25, -0.2) is 4.79 Å². The third kappa shape index (κ3) is 3.53. The fourth-order valence-electron chi connectivity index (χ4n) is 2.81. The number of carbonyl (C=O) groups is 2. The molecule has 2 heterocycles. The molecule has 23 heavy (non-hydrogen) atoms. The summed E-state index contributed by atoms with van der Waals surface area (Å²) in [7, 11) is 0. The van der Waals surface area contributed by atoms with E-state index in [1.807, 2.05) is 24.3 Å². The second kappa shape index (κ2) is 6.83. The zero-order valence-corrected chi connectivity index (χ0v) is 13.1. The van der Waals surface area contributed by atoms with Gasteiger partial charge in [-0.1, -0.05) is 18.2 Å². The van der Waals surface area contributed by atoms with Gasteiger partial charge in [0.25, 0.3) is 0 Å². The Balaban J connectivity index is 1.75. The van der Waals surface area contributed by atoms with Crippen molar-refractivity contribution in [2.24, 2.45) is 0 Å². The van der Waals surface area contributed by atoms with E-state index in [2.05, 4.69) is 11.4 Å². The van der Waals surface area contributed by atoms with E-state index in [4.69, 9.17) is 9.47 Å². The number of cyclic esters (lactones) is 1. The molecule has 122 valence electrons. The Morgan fingerprint density at radius 1 is 1.35 bits per heavy atom. The highest BCUT2D eigenvalue weighted by Gasteiger charge is 2.34. The van der Waals surface area contributed by atoms with Crippen molar-refractivity contribution < 1.29 is 19.1 Å². The average Bonchev–Trinajstić information content (AvgIpc) is 2.95. The van der Waals surface area contributed by atoms with Gasteiger partial charge in [0.05, 0.1) is 19.3 Å². The van der Waals surface area contributed by atoms with E-state index >= 15 is 0 Å². The topological polar surface area (TPSA) is 67.9 Å². The predicted molar refractivity (Wildman–Crippen MR) is 86.2 cm³/mol. The van der Waals surface area contributed by atoms with Crippen LogP contribution in [-0.4, -0.2) is 44.4 Å². The van der Waals surface area contributed by atoms with Gasteiger partial charge >= 0.3 is 6.09 Å². The maximum absolute atomic E-state index is 12.0. The van der Waals surface area contributed by atoms with Gasteiger partial charge in [-0.2, -0.15) is 0 Å². The first-order chi connectivity index (χ1) is 11.1. The Labute approximate surface area is 135 Å². The molecule has 0 spiro atoms. The summed E-state index contributed by atoms with van der Waals surface area (Å²) in [4.78, 5) is 24.6. The highest BCUT2D eigenvalue weighted by atomic mass is 16.6. The molecule has 2 aliphatic heterocycles. The van der Waals surface area contributed by atoms with Crippen molar-refractivity contribution in [2.75, 3.05) is 31.3 Å². The minimum absolute atomic E-state index is 0.119.